The highest BCUT2D eigenvalue weighted by molar-refractivity contribution is 6.05. The van der Waals surface area contributed by atoms with Gasteiger partial charge < -0.3 is 20.4 Å². The quantitative estimate of drug-likeness (QED) is 0.859. The Morgan fingerprint density at radius 3 is 2.86 bits per heavy atom. The van der Waals surface area contributed by atoms with Crippen LogP contribution in [-0.2, 0) is 4.79 Å². The molecule has 0 spiro atoms. The van der Waals surface area contributed by atoms with Crippen LogP contribution >= 0.6 is 0 Å². The Balaban J connectivity index is 2.23. The lowest BCUT2D eigenvalue weighted by Crippen LogP contribution is -2.44. The number of amides is 2. The summed E-state index contributed by atoms with van der Waals surface area (Å²) in [4.78, 5) is 27.8. The van der Waals surface area contributed by atoms with Gasteiger partial charge in [0.15, 0.2) is 0 Å². The van der Waals surface area contributed by atoms with Crippen molar-refractivity contribution in [2.45, 2.75) is 13.0 Å². The molecule has 0 saturated carbocycles. The van der Waals surface area contributed by atoms with Gasteiger partial charge in [-0.1, -0.05) is 0 Å². The van der Waals surface area contributed by atoms with E-state index in [1.165, 1.54) is 0 Å². The van der Waals surface area contributed by atoms with Gasteiger partial charge in [0.1, 0.15) is 6.04 Å². The van der Waals surface area contributed by atoms with Gasteiger partial charge in [0.2, 0.25) is 5.91 Å². The molecule has 0 bridgehead atoms. The molecule has 1 aromatic rings. The Bertz CT molecular complexity index is 559. The van der Waals surface area contributed by atoms with Crippen molar-refractivity contribution in [3.8, 4) is 0 Å². The third-order valence-corrected chi connectivity index (χ3v) is 3.89. The molecule has 0 aliphatic carbocycles. The second-order valence-electron chi connectivity index (χ2n) is 5.34. The zero-order valence-corrected chi connectivity index (χ0v) is 12.9. The van der Waals surface area contributed by atoms with Crippen LogP contribution in [0.15, 0.2) is 18.2 Å². The average Bonchev–Trinajstić information content (AvgIpc) is 2.49. The summed E-state index contributed by atoms with van der Waals surface area (Å²) >= 11 is 0. The van der Waals surface area contributed by atoms with E-state index in [1.54, 1.807) is 24.1 Å². The molecule has 1 aliphatic heterocycles. The van der Waals surface area contributed by atoms with E-state index in [0.717, 1.165) is 12.2 Å². The standard InChI is InChI=1S/C15H22N4O2/c1-10-14(20)17-12-9-11(5-6-13(12)19(10)4)15(21)18(3)8-7-16-2/h5-6,9-10,16H,7-8H2,1-4H3,(H,17,20). The largest absolute Gasteiger partial charge is 0.361 e. The lowest BCUT2D eigenvalue weighted by atomic mass is 10.1. The van der Waals surface area contributed by atoms with Crippen LogP contribution < -0.4 is 15.5 Å². The fourth-order valence-corrected chi connectivity index (χ4v) is 2.30. The SMILES string of the molecule is CNCCN(C)C(=O)c1ccc2c(c1)NC(=O)C(C)N2C. The molecule has 0 saturated heterocycles. The van der Waals surface area contributed by atoms with E-state index in [9.17, 15) is 9.59 Å². The van der Waals surface area contributed by atoms with Crippen LogP contribution in [0.3, 0.4) is 0 Å². The third kappa shape index (κ3) is 3.00. The predicted octanol–water partition coefficient (Wildman–Crippen LogP) is 0.755. The van der Waals surface area contributed by atoms with E-state index in [4.69, 9.17) is 0 Å². The van der Waals surface area contributed by atoms with E-state index in [1.807, 2.05) is 32.0 Å². The number of hydrogen-bond donors (Lipinski definition) is 2. The number of carbonyl (C=O) groups is 2. The molecule has 1 aliphatic rings. The minimum atomic E-state index is -0.211. The summed E-state index contributed by atoms with van der Waals surface area (Å²) in [6.07, 6.45) is 0. The molecule has 0 aromatic heterocycles. The van der Waals surface area contributed by atoms with Gasteiger partial charge in [0, 0.05) is 32.7 Å². The third-order valence-electron chi connectivity index (χ3n) is 3.89. The van der Waals surface area contributed by atoms with E-state index in [2.05, 4.69) is 10.6 Å². The van der Waals surface area contributed by atoms with Gasteiger partial charge in [-0.3, -0.25) is 9.59 Å². The van der Waals surface area contributed by atoms with Crippen molar-refractivity contribution >= 4 is 23.2 Å². The molecule has 2 rings (SSSR count). The zero-order valence-electron chi connectivity index (χ0n) is 12.9. The van der Waals surface area contributed by atoms with Crippen molar-refractivity contribution in [3.63, 3.8) is 0 Å². The van der Waals surface area contributed by atoms with Crippen LogP contribution in [-0.4, -0.2) is 57.0 Å². The smallest absolute Gasteiger partial charge is 0.253 e. The van der Waals surface area contributed by atoms with Crippen LogP contribution in [0.25, 0.3) is 0 Å². The van der Waals surface area contributed by atoms with Crippen LogP contribution in [0.4, 0.5) is 11.4 Å². The van der Waals surface area contributed by atoms with E-state index >= 15 is 0 Å². The van der Waals surface area contributed by atoms with Crippen LogP contribution in [0.5, 0.6) is 0 Å². The molecule has 2 amide bonds. The van der Waals surface area contributed by atoms with Gasteiger partial charge >= 0.3 is 0 Å². The molecule has 1 atom stereocenters. The monoisotopic (exact) mass is 290 g/mol. The Labute approximate surface area is 125 Å². The van der Waals surface area contributed by atoms with Gasteiger partial charge in [-0.2, -0.15) is 0 Å². The highest BCUT2D eigenvalue weighted by atomic mass is 16.2. The number of carbonyl (C=O) groups excluding carboxylic acids is 2. The van der Waals surface area contributed by atoms with Crippen LogP contribution in [0, 0.1) is 0 Å². The minimum Gasteiger partial charge on any atom is -0.361 e. The first-order valence-electron chi connectivity index (χ1n) is 7.03. The number of nitrogens with zero attached hydrogens (tertiary/aromatic N) is 2. The molecular formula is C15H22N4O2. The summed E-state index contributed by atoms with van der Waals surface area (Å²) in [7, 11) is 5.50. The van der Waals surface area contributed by atoms with Gasteiger partial charge in [-0.25, -0.2) is 0 Å². The van der Waals surface area contributed by atoms with Gasteiger partial charge in [-0.15, -0.1) is 0 Å². The number of nitrogens with one attached hydrogen (secondary N) is 2. The summed E-state index contributed by atoms with van der Waals surface area (Å²) in [6, 6.07) is 5.22. The van der Waals surface area contributed by atoms with Gasteiger partial charge in [0.05, 0.1) is 11.4 Å². The van der Waals surface area contributed by atoms with Crippen molar-refractivity contribution in [3.05, 3.63) is 23.8 Å². The maximum Gasteiger partial charge on any atom is 0.253 e. The first-order chi connectivity index (χ1) is 9.95. The number of rotatable bonds is 4. The molecule has 1 unspecified atom stereocenters. The van der Waals surface area contributed by atoms with E-state index < -0.39 is 0 Å². The minimum absolute atomic E-state index is 0.0522. The fourth-order valence-electron chi connectivity index (χ4n) is 2.30. The first-order valence-corrected chi connectivity index (χ1v) is 7.03. The van der Waals surface area contributed by atoms with Gasteiger partial charge in [0.25, 0.3) is 5.91 Å². The van der Waals surface area contributed by atoms with Crippen molar-refractivity contribution in [1.82, 2.24) is 10.2 Å². The molecule has 114 valence electrons. The molecule has 2 N–H and O–H groups in total. The Morgan fingerprint density at radius 2 is 2.19 bits per heavy atom. The van der Waals surface area contributed by atoms with Gasteiger partial charge in [-0.05, 0) is 32.2 Å². The number of likely N-dealkylation sites (N-methyl/N-ethyl adjacent to an activating group) is 3. The van der Waals surface area contributed by atoms with Crippen LogP contribution in [0.2, 0.25) is 0 Å². The number of benzene rings is 1. The fraction of sp³-hybridized carbons (Fsp3) is 0.467. The summed E-state index contributed by atoms with van der Waals surface area (Å²) in [6.45, 7) is 3.22. The molecule has 6 nitrogen and oxygen atoms in total. The summed E-state index contributed by atoms with van der Waals surface area (Å²) in [5, 5.41) is 5.87. The lowest BCUT2D eigenvalue weighted by molar-refractivity contribution is -0.117. The summed E-state index contributed by atoms with van der Waals surface area (Å²) in [5.41, 5.74) is 2.20. The molecule has 1 heterocycles. The molecule has 1 aromatic carbocycles. The van der Waals surface area contributed by atoms with Crippen molar-refractivity contribution in [2.24, 2.45) is 0 Å². The number of fused-ring (bicyclic) bond motifs is 1. The average molecular weight is 290 g/mol. The predicted molar refractivity (Wildman–Crippen MR) is 83.8 cm³/mol. The molecule has 6 heteroatoms. The lowest BCUT2D eigenvalue weighted by Gasteiger charge is -2.33. The zero-order chi connectivity index (χ0) is 15.6. The van der Waals surface area contributed by atoms with Crippen molar-refractivity contribution < 1.29 is 9.59 Å². The Kier molecular flexibility index (Phi) is 4.47. The summed E-state index contributed by atoms with van der Waals surface area (Å²) < 4.78 is 0. The van der Waals surface area contributed by atoms with Crippen molar-refractivity contribution in [2.75, 3.05) is 44.4 Å². The maximum absolute atomic E-state index is 12.3. The first kappa shape index (κ1) is 15.3. The normalized spacial score (nSPS) is 17.2. The highest BCUT2D eigenvalue weighted by Gasteiger charge is 2.27. The second kappa shape index (κ2) is 6.13. The number of hydrogen-bond acceptors (Lipinski definition) is 4. The molecular weight excluding hydrogens is 268 g/mol. The van der Waals surface area contributed by atoms with E-state index in [0.29, 0.717) is 17.8 Å². The highest BCUT2D eigenvalue weighted by Crippen LogP contribution is 2.31. The van der Waals surface area contributed by atoms with E-state index in [-0.39, 0.29) is 17.9 Å². The Hall–Kier alpha value is -2.08. The maximum atomic E-state index is 12.3. The molecule has 21 heavy (non-hydrogen) atoms. The number of anilines is 2. The van der Waals surface area contributed by atoms with Crippen LogP contribution in [0.1, 0.15) is 17.3 Å². The summed E-state index contributed by atoms with van der Waals surface area (Å²) in [5.74, 6) is -0.110. The Morgan fingerprint density at radius 1 is 1.48 bits per heavy atom. The topological polar surface area (TPSA) is 64.7 Å². The molecule has 0 fully saturated rings. The second-order valence-corrected chi connectivity index (χ2v) is 5.34. The van der Waals surface area contributed by atoms with Crippen molar-refractivity contribution in [1.29, 1.82) is 0 Å². The molecule has 0 radical (unpaired) electrons.